The quantitative estimate of drug-likeness (QED) is 0.778. The van der Waals surface area contributed by atoms with Gasteiger partial charge in [0.05, 0.1) is 9.93 Å². The lowest BCUT2D eigenvalue weighted by molar-refractivity contribution is -0.117. The van der Waals surface area contributed by atoms with Gasteiger partial charge in [0.15, 0.2) is 5.17 Å². The summed E-state index contributed by atoms with van der Waals surface area (Å²) >= 11 is 6.85. The number of phenolic OH excluding ortho intramolecular Hbond substituents is 1. The first-order valence-electron chi connectivity index (χ1n) is 5.24. The number of nitrogens with one attached hydrogen (secondary N) is 1. The van der Waals surface area contributed by atoms with Crippen LogP contribution >= 0.6 is 23.4 Å². The van der Waals surface area contributed by atoms with Crippen LogP contribution < -0.4 is 5.32 Å². The molecule has 0 fully saturated rings. The number of aromatic hydroxyl groups is 1. The summed E-state index contributed by atoms with van der Waals surface area (Å²) in [6.45, 7) is 1.34. The van der Waals surface area contributed by atoms with Gasteiger partial charge in [0, 0.05) is 6.92 Å². The second-order valence-electron chi connectivity index (χ2n) is 3.72. The maximum Gasteiger partial charge on any atom is 0.286 e. The number of halogens is 1. The molecule has 1 aromatic rings. The van der Waals surface area contributed by atoms with Crippen LogP contribution in [0.1, 0.15) is 12.5 Å². The van der Waals surface area contributed by atoms with E-state index in [4.69, 9.17) is 11.6 Å². The number of amidine groups is 1. The Morgan fingerprint density at radius 3 is 2.89 bits per heavy atom. The van der Waals surface area contributed by atoms with Gasteiger partial charge in [0.2, 0.25) is 5.91 Å². The van der Waals surface area contributed by atoms with Crippen molar-refractivity contribution in [1.82, 2.24) is 5.32 Å². The second-order valence-corrected chi connectivity index (χ2v) is 5.16. The molecule has 2 amide bonds. The second kappa shape index (κ2) is 5.46. The third kappa shape index (κ3) is 3.36. The maximum atomic E-state index is 11.6. The van der Waals surface area contributed by atoms with Crippen LogP contribution in [0.25, 0.3) is 6.08 Å². The lowest BCUT2D eigenvalue weighted by atomic mass is 10.2. The third-order valence-corrected chi connectivity index (χ3v) is 3.37. The van der Waals surface area contributed by atoms with E-state index in [1.54, 1.807) is 12.1 Å². The molecule has 1 aliphatic heterocycles. The van der Waals surface area contributed by atoms with E-state index >= 15 is 0 Å². The largest absolute Gasteiger partial charge is 0.506 e. The smallest absolute Gasteiger partial charge is 0.286 e. The molecule has 1 aliphatic rings. The van der Waals surface area contributed by atoms with Crippen molar-refractivity contribution < 1.29 is 14.7 Å². The van der Waals surface area contributed by atoms with Crippen LogP contribution in [-0.4, -0.2) is 22.1 Å². The monoisotopic (exact) mass is 296 g/mol. The van der Waals surface area contributed by atoms with Gasteiger partial charge in [0.1, 0.15) is 5.75 Å². The summed E-state index contributed by atoms with van der Waals surface area (Å²) in [5.74, 6) is -0.727. The zero-order chi connectivity index (χ0) is 14.0. The molecule has 0 saturated carbocycles. The molecule has 0 aromatic heterocycles. The van der Waals surface area contributed by atoms with E-state index in [1.165, 1.54) is 19.1 Å². The summed E-state index contributed by atoms with van der Waals surface area (Å²) in [6.07, 6.45) is 1.59. The molecule has 19 heavy (non-hydrogen) atoms. The van der Waals surface area contributed by atoms with Gasteiger partial charge < -0.3 is 10.4 Å². The Kier molecular flexibility index (Phi) is 3.92. The van der Waals surface area contributed by atoms with Crippen molar-refractivity contribution in [2.75, 3.05) is 0 Å². The molecular formula is C12H9ClN2O3S. The Bertz CT molecular complexity index is 625. The molecule has 0 atom stereocenters. The summed E-state index contributed by atoms with van der Waals surface area (Å²) in [6, 6.07) is 4.60. The molecule has 98 valence electrons. The van der Waals surface area contributed by atoms with Crippen molar-refractivity contribution in [3.8, 4) is 5.75 Å². The first kappa shape index (κ1) is 13.6. The molecule has 1 heterocycles. The van der Waals surface area contributed by atoms with Crippen molar-refractivity contribution in [2.24, 2.45) is 4.99 Å². The minimum Gasteiger partial charge on any atom is -0.506 e. The van der Waals surface area contributed by atoms with Crippen molar-refractivity contribution in [2.45, 2.75) is 6.92 Å². The molecule has 0 saturated heterocycles. The van der Waals surface area contributed by atoms with E-state index in [-0.39, 0.29) is 21.8 Å². The molecule has 0 radical (unpaired) electrons. The SMILES string of the molecule is CC(=O)NC1=NC(=O)C(=Cc2ccc(O)c(Cl)c2)S1. The molecule has 0 unspecified atom stereocenters. The van der Waals surface area contributed by atoms with Gasteiger partial charge in [-0.2, -0.15) is 4.99 Å². The number of phenols is 1. The van der Waals surface area contributed by atoms with Crippen LogP contribution in [0.15, 0.2) is 28.1 Å². The molecule has 0 spiro atoms. The van der Waals surface area contributed by atoms with Crippen molar-refractivity contribution >= 4 is 46.4 Å². The Morgan fingerprint density at radius 2 is 2.26 bits per heavy atom. The average Bonchev–Trinajstić information content (AvgIpc) is 2.63. The van der Waals surface area contributed by atoms with E-state index in [2.05, 4.69) is 10.3 Å². The Labute approximate surface area is 118 Å². The maximum absolute atomic E-state index is 11.6. The molecule has 1 aromatic carbocycles. The zero-order valence-electron chi connectivity index (χ0n) is 9.81. The van der Waals surface area contributed by atoms with Crippen LogP contribution in [-0.2, 0) is 9.59 Å². The molecule has 0 aliphatic carbocycles. The minimum atomic E-state index is -0.419. The number of rotatable bonds is 1. The van der Waals surface area contributed by atoms with Gasteiger partial charge in [-0.15, -0.1) is 0 Å². The Hall–Kier alpha value is -1.79. The number of nitrogens with zero attached hydrogens (tertiary/aromatic N) is 1. The van der Waals surface area contributed by atoms with Gasteiger partial charge >= 0.3 is 0 Å². The van der Waals surface area contributed by atoms with E-state index in [9.17, 15) is 14.7 Å². The average molecular weight is 297 g/mol. The predicted molar refractivity (Wildman–Crippen MR) is 74.9 cm³/mol. The summed E-state index contributed by atoms with van der Waals surface area (Å²) in [5.41, 5.74) is 0.665. The Morgan fingerprint density at radius 1 is 1.53 bits per heavy atom. The molecule has 0 bridgehead atoms. The molecule has 5 nitrogen and oxygen atoms in total. The first-order chi connectivity index (χ1) is 8.95. The van der Waals surface area contributed by atoms with Crippen LogP contribution in [0.3, 0.4) is 0 Å². The highest BCUT2D eigenvalue weighted by Crippen LogP contribution is 2.30. The van der Waals surface area contributed by atoms with Gasteiger partial charge in [-0.3, -0.25) is 9.59 Å². The van der Waals surface area contributed by atoms with Crippen molar-refractivity contribution in [1.29, 1.82) is 0 Å². The minimum absolute atomic E-state index is 0.0237. The fourth-order valence-corrected chi connectivity index (χ4v) is 2.43. The summed E-state index contributed by atoms with van der Waals surface area (Å²) in [4.78, 5) is 26.6. The summed E-state index contributed by atoms with van der Waals surface area (Å²) < 4.78 is 0. The first-order valence-corrected chi connectivity index (χ1v) is 6.44. The van der Waals surface area contributed by atoms with Gasteiger partial charge in [-0.05, 0) is 35.5 Å². The van der Waals surface area contributed by atoms with E-state index in [1.807, 2.05) is 0 Å². The number of benzene rings is 1. The highest BCUT2D eigenvalue weighted by atomic mass is 35.5. The standard InChI is InChI=1S/C12H9ClN2O3S/c1-6(16)14-12-15-11(18)10(19-12)5-7-2-3-9(17)8(13)4-7/h2-5,17H,1H3,(H,14,15,16,18). The number of thioether (sulfide) groups is 1. The van der Waals surface area contributed by atoms with E-state index in [0.29, 0.717) is 10.5 Å². The van der Waals surface area contributed by atoms with Gasteiger partial charge in [-0.25, -0.2) is 0 Å². The topological polar surface area (TPSA) is 78.8 Å². The van der Waals surface area contributed by atoms with Gasteiger partial charge in [0.25, 0.3) is 5.91 Å². The van der Waals surface area contributed by atoms with E-state index in [0.717, 1.165) is 11.8 Å². The number of hydrogen-bond acceptors (Lipinski definition) is 4. The lowest BCUT2D eigenvalue weighted by Gasteiger charge is -2.00. The summed E-state index contributed by atoms with van der Waals surface area (Å²) in [5, 5.41) is 12.2. The predicted octanol–water partition coefficient (Wildman–Crippen LogP) is 2.15. The number of carbonyl (C=O) groups is 2. The highest BCUT2D eigenvalue weighted by molar-refractivity contribution is 8.18. The molecule has 7 heteroatoms. The van der Waals surface area contributed by atoms with Crippen LogP contribution in [0.5, 0.6) is 5.75 Å². The van der Waals surface area contributed by atoms with Crippen LogP contribution in [0.2, 0.25) is 5.02 Å². The Balaban J connectivity index is 2.20. The van der Waals surface area contributed by atoms with E-state index < -0.39 is 5.91 Å². The van der Waals surface area contributed by atoms with Crippen LogP contribution in [0.4, 0.5) is 0 Å². The van der Waals surface area contributed by atoms with Gasteiger partial charge in [-0.1, -0.05) is 17.7 Å². The zero-order valence-corrected chi connectivity index (χ0v) is 11.4. The molecular weight excluding hydrogens is 288 g/mol. The highest BCUT2D eigenvalue weighted by Gasteiger charge is 2.22. The van der Waals surface area contributed by atoms with Crippen molar-refractivity contribution in [3.05, 3.63) is 33.7 Å². The fourth-order valence-electron chi connectivity index (χ4n) is 1.38. The normalized spacial score (nSPS) is 16.6. The number of aliphatic imine (C=N–C) groups is 1. The molecule has 2 rings (SSSR count). The fraction of sp³-hybridized carbons (Fsp3) is 0.0833. The third-order valence-electron chi connectivity index (χ3n) is 2.17. The lowest BCUT2D eigenvalue weighted by Crippen LogP contribution is -2.23. The number of carbonyl (C=O) groups excluding carboxylic acids is 2. The number of amides is 2. The van der Waals surface area contributed by atoms with Crippen molar-refractivity contribution in [3.63, 3.8) is 0 Å². The number of hydrogen-bond donors (Lipinski definition) is 2. The molecule has 2 N–H and O–H groups in total. The van der Waals surface area contributed by atoms with Crippen LogP contribution in [0, 0.1) is 0 Å². The summed E-state index contributed by atoms with van der Waals surface area (Å²) in [7, 11) is 0.